The normalized spacial score (nSPS) is 14.9. The lowest BCUT2D eigenvalue weighted by atomic mass is 9.99. The minimum Gasteiger partial charge on any atom is -0.462 e. The van der Waals surface area contributed by atoms with Crippen LogP contribution in [0.25, 0.3) is 0 Å². The quantitative estimate of drug-likeness (QED) is 0.0222. The molecule has 0 heterocycles. The zero-order valence-electron chi connectivity index (χ0n) is 58.1. The lowest BCUT2D eigenvalue weighted by Gasteiger charge is -2.21. The average molecular weight is 1310 g/mol. The van der Waals surface area contributed by atoms with Crippen LogP contribution in [0, 0.1) is 23.7 Å². The zero-order chi connectivity index (χ0) is 66.1. The summed E-state index contributed by atoms with van der Waals surface area (Å²) in [5.41, 5.74) is 0. The molecule has 0 saturated carbocycles. The molecule has 0 aromatic rings. The largest absolute Gasteiger partial charge is 0.472 e. The molecule has 17 nitrogen and oxygen atoms in total. The fourth-order valence-corrected chi connectivity index (χ4v) is 12.0. The molecule has 0 aliphatic rings. The first kappa shape index (κ1) is 87.1. The lowest BCUT2D eigenvalue weighted by molar-refractivity contribution is -0.161. The second-order valence-electron chi connectivity index (χ2n) is 26.7. The zero-order valence-corrected chi connectivity index (χ0v) is 59.8. The highest BCUT2D eigenvalue weighted by atomic mass is 31.2. The van der Waals surface area contributed by atoms with E-state index in [9.17, 15) is 43.2 Å². The molecule has 0 saturated heterocycles. The second-order valence-corrected chi connectivity index (χ2v) is 29.6. The Hall–Kier alpha value is -1.94. The summed E-state index contributed by atoms with van der Waals surface area (Å²) in [4.78, 5) is 72.5. The van der Waals surface area contributed by atoms with Crippen LogP contribution >= 0.6 is 15.6 Å². The van der Waals surface area contributed by atoms with Crippen LogP contribution in [0.2, 0.25) is 0 Å². The first-order valence-electron chi connectivity index (χ1n) is 36.3. The predicted octanol–water partition coefficient (Wildman–Crippen LogP) is 19.7. The topological polar surface area (TPSA) is 237 Å². The van der Waals surface area contributed by atoms with Crippen LogP contribution in [-0.2, 0) is 65.4 Å². The van der Waals surface area contributed by atoms with Crippen molar-refractivity contribution in [2.45, 2.75) is 363 Å². The van der Waals surface area contributed by atoms with E-state index in [1.54, 1.807) is 0 Å². The summed E-state index contributed by atoms with van der Waals surface area (Å²) >= 11 is 0. The Kier molecular flexibility index (Phi) is 58.5. The van der Waals surface area contributed by atoms with Gasteiger partial charge >= 0.3 is 39.5 Å². The van der Waals surface area contributed by atoms with Crippen LogP contribution in [-0.4, -0.2) is 96.7 Å². The average Bonchev–Trinajstić information content (AvgIpc) is 3.69. The summed E-state index contributed by atoms with van der Waals surface area (Å²) in [6, 6.07) is 0. The lowest BCUT2D eigenvalue weighted by Crippen LogP contribution is -2.30. The highest BCUT2D eigenvalue weighted by Gasteiger charge is 2.30. The first-order chi connectivity index (χ1) is 42.7. The molecule has 0 aliphatic carbocycles. The van der Waals surface area contributed by atoms with E-state index in [4.69, 9.17) is 37.0 Å². The van der Waals surface area contributed by atoms with E-state index < -0.39 is 97.5 Å². The molecule has 528 valence electrons. The van der Waals surface area contributed by atoms with Crippen LogP contribution in [0.5, 0.6) is 0 Å². The van der Waals surface area contributed by atoms with Crippen molar-refractivity contribution in [3.8, 4) is 0 Å². The Bertz CT molecular complexity index is 1770. The third-order valence-corrected chi connectivity index (χ3v) is 18.7. The SMILES string of the molecule is CCC(C)CCCCCCCCCCC(=O)OC[C@H](COP(=O)(O)OC[C@@H](O)COP(=O)(O)OC[C@@H](COC(=O)CCCCCCCCC(C)CC)OC(=O)CCCCCCCCCCCCCCCCC(C)C)OC(=O)CCCCCCCCCC(C)C. The maximum Gasteiger partial charge on any atom is 0.472 e. The van der Waals surface area contributed by atoms with E-state index in [1.165, 1.54) is 141 Å². The Morgan fingerprint density at radius 1 is 0.315 bits per heavy atom. The Morgan fingerprint density at radius 3 is 0.798 bits per heavy atom. The number of phosphoric acid groups is 2. The summed E-state index contributed by atoms with van der Waals surface area (Å²) in [6.07, 6.45) is 41.8. The molecule has 0 rings (SSSR count). The van der Waals surface area contributed by atoms with Crippen LogP contribution in [0.3, 0.4) is 0 Å². The molecular formula is C70H136O17P2. The fourth-order valence-electron chi connectivity index (χ4n) is 10.4. The van der Waals surface area contributed by atoms with Gasteiger partial charge in [-0.1, -0.05) is 293 Å². The van der Waals surface area contributed by atoms with Gasteiger partial charge in [0.05, 0.1) is 26.4 Å². The van der Waals surface area contributed by atoms with Crippen molar-refractivity contribution in [3.63, 3.8) is 0 Å². The van der Waals surface area contributed by atoms with Gasteiger partial charge in [0.15, 0.2) is 12.2 Å². The van der Waals surface area contributed by atoms with E-state index >= 15 is 0 Å². The Labute approximate surface area is 543 Å². The molecule has 0 aromatic heterocycles. The number of phosphoric ester groups is 2. The van der Waals surface area contributed by atoms with E-state index in [-0.39, 0.29) is 25.7 Å². The third kappa shape index (κ3) is 62.0. The van der Waals surface area contributed by atoms with Gasteiger partial charge in [0.1, 0.15) is 19.3 Å². The molecule has 0 spiro atoms. The minimum atomic E-state index is -4.95. The van der Waals surface area contributed by atoms with Crippen LogP contribution < -0.4 is 0 Å². The molecule has 3 N–H and O–H groups in total. The summed E-state index contributed by atoms with van der Waals surface area (Å²) in [5, 5.41) is 10.6. The van der Waals surface area contributed by atoms with Crippen LogP contribution in [0.15, 0.2) is 0 Å². The number of hydrogen-bond acceptors (Lipinski definition) is 15. The van der Waals surface area contributed by atoms with Crippen molar-refractivity contribution >= 4 is 39.5 Å². The van der Waals surface area contributed by atoms with Gasteiger partial charge in [-0.25, -0.2) is 9.13 Å². The molecule has 0 fully saturated rings. The number of hydrogen-bond donors (Lipinski definition) is 3. The summed E-state index contributed by atoms with van der Waals surface area (Å²) in [6.45, 7) is 14.1. The predicted molar refractivity (Wildman–Crippen MR) is 358 cm³/mol. The minimum absolute atomic E-state index is 0.102. The van der Waals surface area contributed by atoms with E-state index in [2.05, 4.69) is 55.4 Å². The number of aliphatic hydroxyl groups excluding tert-OH is 1. The van der Waals surface area contributed by atoms with Gasteiger partial charge < -0.3 is 33.8 Å². The molecule has 0 aromatic carbocycles. The van der Waals surface area contributed by atoms with E-state index in [0.29, 0.717) is 31.6 Å². The highest BCUT2D eigenvalue weighted by Crippen LogP contribution is 2.45. The molecule has 89 heavy (non-hydrogen) atoms. The fraction of sp³-hybridized carbons (Fsp3) is 0.943. The summed E-state index contributed by atoms with van der Waals surface area (Å²) in [7, 11) is -9.90. The van der Waals surface area contributed by atoms with Gasteiger partial charge in [0.25, 0.3) is 0 Å². The second kappa shape index (κ2) is 59.8. The molecule has 19 heteroatoms. The number of rotatable bonds is 67. The van der Waals surface area contributed by atoms with Gasteiger partial charge in [-0.2, -0.15) is 0 Å². The maximum atomic E-state index is 13.0. The molecule has 0 radical (unpaired) electrons. The summed E-state index contributed by atoms with van der Waals surface area (Å²) in [5.74, 6) is 0.867. The van der Waals surface area contributed by atoms with E-state index in [0.717, 1.165) is 114 Å². The Balaban J connectivity index is 5.23. The molecule has 4 unspecified atom stereocenters. The van der Waals surface area contributed by atoms with Gasteiger partial charge in [-0.05, 0) is 49.4 Å². The molecule has 0 bridgehead atoms. The summed E-state index contributed by atoms with van der Waals surface area (Å²) < 4.78 is 68.2. The van der Waals surface area contributed by atoms with Crippen LogP contribution in [0.4, 0.5) is 0 Å². The van der Waals surface area contributed by atoms with Gasteiger partial charge in [-0.15, -0.1) is 0 Å². The first-order valence-corrected chi connectivity index (χ1v) is 39.3. The third-order valence-electron chi connectivity index (χ3n) is 16.8. The monoisotopic (exact) mass is 1310 g/mol. The van der Waals surface area contributed by atoms with E-state index in [1.807, 2.05) is 0 Å². The molecule has 0 amide bonds. The number of esters is 4. The smallest absolute Gasteiger partial charge is 0.462 e. The van der Waals surface area contributed by atoms with Gasteiger partial charge in [0, 0.05) is 25.7 Å². The molecule has 0 aliphatic heterocycles. The number of unbranched alkanes of at least 4 members (excludes halogenated alkanes) is 31. The molecular weight excluding hydrogens is 1170 g/mol. The Morgan fingerprint density at radius 2 is 0.539 bits per heavy atom. The number of aliphatic hydroxyl groups is 1. The number of ether oxygens (including phenoxy) is 4. The molecule has 7 atom stereocenters. The number of carbonyl (C=O) groups excluding carboxylic acids is 4. The van der Waals surface area contributed by atoms with Crippen molar-refractivity contribution in [2.75, 3.05) is 39.6 Å². The van der Waals surface area contributed by atoms with Gasteiger partial charge in [0.2, 0.25) is 0 Å². The highest BCUT2D eigenvalue weighted by molar-refractivity contribution is 7.47. The van der Waals surface area contributed by atoms with Crippen molar-refractivity contribution < 1.29 is 80.2 Å². The number of carbonyl (C=O) groups is 4. The maximum absolute atomic E-state index is 13.0. The van der Waals surface area contributed by atoms with Gasteiger partial charge in [-0.3, -0.25) is 37.3 Å². The standard InChI is InChI=1S/C70H136O17P2/c1-9-62(7)48-40-32-24-19-20-25-34-42-50-67(72)80-56-65(87-70(75)53-45-37-27-21-23-31-39-47-61(5)6)58-84-88(76,77)82-54-64(71)55-83-89(78,79)85-59-66(57-81-68(73)51-43-35-29-28-33-41-49-63(8)10-2)86-69(74)52-44-36-26-18-16-14-12-11-13-15-17-22-30-38-46-60(3)4/h60-66,71H,9-59H2,1-8H3,(H,76,77)(H,78,79)/t62?,63?,64-,65-,66-/m1/s1. The van der Waals surface area contributed by atoms with Crippen molar-refractivity contribution in [3.05, 3.63) is 0 Å². The van der Waals surface area contributed by atoms with Crippen molar-refractivity contribution in [1.82, 2.24) is 0 Å². The van der Waals surface area contributed by atoms with Crippen LogP contribution in [0.1, 0.15) is 344 Å². The van der Waals surface area contributed by atoms with Crippen molar-refractivity contribution in [2.24, 2.45) is 23.7 Å². The van der Waals surface area contributed by atoms with Crippen molar-refractivity contribution in [1.29, 1.82) is 0 Å².